The molecular formula is C20H23NO7. The Hall–Kier alpha value is -3.29. The molecule has 8 heteroatoms. The predicted octanol–water partition coefficient (Wildman–Crippen LogP) is 2.97. The van der Waals surface area contributed by atoms with Crippen LogP contribution in [0.5, 0.6) is 28.9 Å². The molecule has 150 valence electrons. The molecule has 0 saturated heterocycles. The number of ketones is 2. The highest BCUT2D eigenvalue weighted by atomic mass is 16.5. The van der Waals surface area contributed by atoms with Crippen molar-refractivity contribution >= 4 is 11.6 Å². The Kier molecular flexibility index (Phi) is 7.20. The number of nitrogens with zero attached hydrogens (tertiary/aromatic N) is 1. The van der Waals surface area contributed by atoms with Gasteiger partial charge in [-0.05, 0) is 24.3 Å². The maximum Gasteiger partial charge on any atom is 0.257 e. The molecule has 0 radical (unpaired) electrons. The maximum atomic E-state index is 12.6. The molecule has 1 aromatic heterocycles. The molecule has 0 saturated carbocycles. The van der Waals surface area contributed by atoms with E-state index >= 15 is 0 Å². The van der Waals surface area contributed by atoms with E-state index in [-0.39, 0.29) is 36.0 Å². The number of aromatic nitrogens is 1. The molecule has 0 unspecified atom stereocenters. The number of pyridine rings is 1. The minimum absolute atomic E-state index is 0.00201. The smallest absolute Gasteiger partial charge is 0.257 e. The maximum absolute atomic E-state index is 12.6. The molecule has 0 aliphatic carbocycles. The minimum atomic E-state index is -0.276. The molecule has 0 aliphatic rings. The fourth-order valence-corrected chi connectivity index (χ4v) is 2.63. The molecule has 2 aromatic rings. The lowest BCUT2D eigenvalue weighted by molar-refractivity contribution is 0.0914. The van der Waals surface area contributed by atoms with E-state index in [0.717, 1.165) is 0 Å². The summed E-state index contributed by atoms with van der Waals surface area (Å²) < 4.78 is 26.0. The number of methoxy groups -OCH3 is 5. The minimum Gasteiger partial charge on any atom is -0.493 e. The van der Waals surface area contributed by atoms with E-state index in [0.29, 0.717) is 28.6 Å². The van der Waals surface area contributed by atoms with Crippen LogP contribution in [0.2, 0.25) is 0 Å². The van der Waals surface area contributed by atoms with Crippen molar-refractivity contribution in [1.29, 1.82) is 0 Å². The van der Waals surface area contributed by atoms with Gasteiger partial charge in [-0.15, -0.1) is 0 Å². The molecule has 0 amide bonds. The molecule has 28 heavy (non-hydrogen) atoms. The fourth-order valence-electron chi connectivity index (χ4n) is 2.63. The van der Waals surface area contributed by atoms with Crippen LogP contribution in [-0.2, 0) is 0 Å². The Morgan fingerprint density at radius 1 is 0.750 bits per heavy atom. The van der Waals surface area contributed by atoms with Crippen LogP contribution in [0.1, 0.15) is 33.7 Å². The van der Waals surface area contributed by atoms with E-state index in [1.165, 1.54) is 41.6 Å². The molecule has 1 aromatic carbocycles. The first-order valence-electron chi connectivity index (χ1n) is 8.44. The van der Waals surface area contributed by atoms with E-state index in [1.54, 1.807) is 18.2 Å². The van der Waals surface area contributed by atoms with Gasteiger partial charge in [0.1, 0.15) is 5.69 Å². The zero-order valence-corrected chi connectivity index (χ0v) is 16.5. The van der Waals surface area contributed by atoms with Crippen LogP contribution >= 0.6 is 0 Å². The largest absolute Gasteiger partial charge is 0.493 e. The zero-order valence-electron chi connectivity index (χ0n) is 16.5. The Labute approximate surface area is 163 Å². The van der Waals surface area contributed by atoms with Crippen LogP contribution in [0.15, 0.2) is 24.3 Å². The first-order chi connectivity index (χ1) is 13.5. The fraction of sp³-hybridized carbons (Fsp3) is 0.350. The van der Waals surface area contributed by atoms with E-state index in [9.17, 15) is 9.59 Å². The normalized spacial score (nSPS) is 10.2. The SMILES string of the molecule is COc1ccc(C(=O)CCC(=O)c2cc(OC)c(OC)c(OC)c2)nc1OC. The van der Waals surface area contributed by atoms with Gasteiger partial charge < -0.3 is 23.7 Å². The highest BCUT2D eigenvalue weighted by Crippen LogP contribution is 2.38. The summed E-state index contributed by atoms with van der Waals surface area (Å²) in [5, 5.41) is 0. The first kappa shape index (κ1) is 21.0. The molecule has 0 N–H and O–H groups in total. The number of hydrogen-bond acceptors (Lipinski definition) is 8. The van der Waals surface area contributed by atoms with Crippen LogP contribution < -0.4 is 23.7 Å². The molecule has 0 aliphatic heterocycles. The second kappa shape index (κ2) is 9.59. The summed E-state index contributed by atoms with van der Waals surface area (Å²) in [6, 6.07) is 6.25. The van der Waals surface area contributed by atoms with Crippen molar-refractivity contribution in [1.82, 2.24) is 4.98 Å². The summed E-state index contributed by atoms with van der Waals surface area (Å²) in [5.74, 6) is 1.27. The number of hydrogen-bond donors (Lipinski definition) is 0. The summed E-state index contributed by atoms with van der Waals surface area (Å²) >= 11 is 0. The number of benzene rings is 1. The van der Waals surface area contributed by atoms with Crippen LogP contribution in [-0.4, -0.2) is 52.1 Å². The molecule has 8 nitrogen and oxygen atoms in total. The zero-order chi connectivity index (χ0) is 20.7. The molecule has 0 fully saturated rings. The average Bonchev–Trinajstić information content (AvgIpc) is 2.75. The van der Waals surface area contributed by atoms with E-state index < -0.39 is 0 Å². The monoisotopic (exact) mass is 389 g/mol. The van der Waals surface area contributed by atoms with Gasteiger partial charge in [-0.3, -0.25) is 9.59 Å². The third-order valence-corrected chi connectivity index (χ3v) is 4.09. The number of rotatable bonds is 10. The second-order valence-electron chi connectivity index (χ2n) is 5.67. The van der Waals surface area contributed by atoms with Gasteiger partial charge >= 0.3 is 0 Å². The quantitative estimate of drug-likeness (QED) is 0.573. The van der Waals surface area contributed by atoms with Crippen molar-refractivity contribution in [3.8, 4) is 28.9 Å². The van der Waals surface area contributed by atoms with Gasteiger partial charge in [-0.25, -0.2) is 4.98 Å². The second-order valence-corrected chi connectivity index (χ2v) is 5.67. The van der Waals surface area contributed by atoms with Crippen LogP contribution in [0, 0.1) is 0 Å². The van der Waals surface area contributed by atoms with Crippen molar-refractivity contribution in [2.45, 2.75) is 12.8 Å². The number of Topliss-reactive ketones (excluding diaryl/α,β-unsaturated/α-hetero) is 2. The van der Waals surface area contributed by atoms with Crippen molar-refractivity contribution in [2.24, 2.45) is 0 Å². The highest BCUT2D eigenvalue weighted by Gasteiger charge is 2.19. The standard InChI is InChI=1S/C20H23NO7/c1-24-16-9-6-13(21-20(16)28-5)15(23)8-7-14(22)12-10-17(25-2)19(27-4)18(11-12)26-3/h6,9-11H,7-8H2,1-5H3. The van der Waals surface area contributed by atoms with Gasteiger partial charge in [0, 0.05) is 18.4 Å². The van der Waals surface area contributed by atoms with Crippen molar-refractivity contribution in [3.63, 3.8) is 0 Å². The predicted molar refractivity (Wildman–Crippen MR) is 101 cm³/mol. The Morgan fingerprint density at radius 3 is 1.82 bits per heavy atom. The molecule has 1 heterocycles. The van der Waals surface area contributed by atoms with Gasteiger partial charge in [0.15, 0.2) is 28.8 Å². The van der Waals surface area contributed by atoms with Gasteiger partial charge in [0.2, 0.25) is 5.75 Å². The van der Waals surface area contributed by atoms with E-state index in [1.807, 2.05) is 0 Å². The summed E-state index contributed by atoms with van der Waals surface area (Å²) in [7, 11) is 7.34. The van der Waals surface area contributed by atoms with Gasteiger partial charge in [-0.1, -0.05) is 0 Å². The van der Waals surface area contributed by atoms with E-state index in [4.69, 9.17) is 23.7 Å². The highest BCUT2D eigenvalue weighted by molar-refractivity contribution is 6.02. The average molecular weight is 389 g/mol. The molecule has 0 atom stereocenters. The third kappa shape index (κ3) is 4.51. The lowest BCUT2D eigenvalue weighted by atomic mass is 10.0. The topological polar surface area (TPSA) is 93.2 Å². The molecule has 0 spiro atoms. The Bertz CT molecular complexity index is 839. The van der Waals surface area contributed by atoms with Gasteiger partial charge in [0.05, 0.1) is 35.5 Å². The van der Waals surface area contributed by atoms with Crippen LogP contribution in [0.25, 0.3) is 0 Å². The summed E-state index contributed by atoms with van der Waals surface area (Å²) in [6.07, 6.45) is 0.00543. The Balaban J connectivity index is 2.14. The summed E-state index contributed by atoms with van der Waals surface area (Å²) in [5.41, 5.74) is 0.568. The number of carbonyl (C=O) groups excluding carboxylic acids is 2. The Morgan fingerprint density at radius 2 is 1.32 bits per heavy atom. The third-order valence-electron chi connectivity index (χ3n) is 4.09. The van der Waals surface area contributed by atoms with Gasteiger partial charge in [-0.2, -0.15) is 0 Å². The van der Waals surface area contributed by atoms with Crippen LogP contribution in [0.4, 0.5) is 0 Å². The first-order valence-corrected chi connectivity index (χ1v) is 8.44. The van der Waals surface area contributed by atoms with E-state index in [2.05, 4.69) is 4.98 Å². The van der Waals surface area contributed by atoms with Crippen LogP contribution in [0.3, 0.4) is 0 Å². The summed E-state index contributed by atoms with van der Waals surface area (Å²) in [6.45, 7) is 0. The molecular weight excluding hydrogens is 366 g/mol. The van der Waals surface area contributed by atoms with Crippen molar-refractivity contribution in [2.75, 3.05) is 35.5 Å². The lowest BCUT2D eigenvalue weighted by Crippen LogP contribution is -2.08. The molecule has 0 bridgehead atoms. The van der Waals surface area contributed by atoms with Crippen molar-refractivity contribution in [3.05, 3.63) is 35.5 Å². The molecule has 2 rings (SSSR count). The number of ether oxygens (including phenoxy) is 5. The van der Waals surface area contributed by atoms with Gasteiger partial charge in [0.25, 0.3) is 5.88 Å². The lowest BCUT2D eigenvalue weighted by Gasteiger charge is -2.13. The van der Waals surface area contributed by atoms with Crippen molar-refractivity contribution < 1.29 is 33.3 Å². The number of carbonyl (C=O) groups is 2. The summed E-state index contributed by atoms with van der Waals surface area (Å²) in [4.78, 5) is 29.1.